The van der Waals surface area contributed by atoms with Gasteiger partial charge < -0.3 is 4.74 Å². The van der Waals surface area contributed by atoms with Crippen molar-refractivity contribution in [3.8, 4) is 5.75 Å². The Labute approximate surface area is 164 Å². The molecule has 0 unspecified atom stereocenters. The first-order chi connectivity index (χ1) is 13.2. The van der Waals surface area contributed by atoms with Crippen LogP contribution in [0.3, 0.4) is 0 Å². The summed E-state index contributed by atoms with van der Waals surface area (Å²) in [5.41, 5.74) is 1.71. The first-order valence-corrected chi connectivity index (χ1v) is 11.5. The van der Waals surface area contributed by atoms with Gasteiger partial charge in [0.25, 0.3) is 0 Å². The Morgan fingerprint density at radius 2 is 1.89 bits per heavy atom. The van der Waals surface area contributed by atoms with Crippen LogP contribution >= 0.6 is 0 Å². The molecule has 0 aliphatic carbocycles. The number of amides is 1. The Hall–Kier alpha value is -2.43. The van der Waals surface area contributed by atoms with Gasteiger partial charge in [-0.2, -0.15) is 0 Å². The Balaban J connectivity index is 1.98. The van der Waals surface area contributed by atoms with Crippen LogP contribution in [0.1, 0.15) is 17.5 Å². The quantitative estimate of drug-likeness (QED) is 0.753. The van der Waals surface area contributed by atoms with Crippen molar-refractivity contribution < 1.29 is 26.4 Å². The van der Waals surface area contributed by atoms with Gasteiger partial charge in [-0.3, -0.25) is 4.79 Å². The molecule has 1 aliphatic heterocycles. The fourth-order valence-corrected chi connectivity index (χ4v) is 5.57. The lowest BCUT2D eigenvalue weighted by Gasteiger charge is -2.18. The van der Waals surface area contributed by atoms with Crippen molar-refractivity contribution in [1.82, 2.24) is 4.72 Å². The fourth-order valence-electron chi connectivity index (χ4n) is 2.93. The van der Waals surface area contributed by atoms with Gasteiger partial charge in [0, 0.05) is 13.0 Å². The van der Waals surface area contributed by atoms with Crippen LogP contribution in [0.4, 0.5) is 5.69 Å². The van der Waals surface area contributed by atoms with E-state index in [4.69, 9.17) is 4.74 Å². The van der Waals surface area contributed by atoms with Gasteiger partial charge in [0.05, 0.1) is 18.6 Å². The van der Waals surface area contributed by atoms with Crippen LogP contribution in [-0.4, -0.2) is 35.6 Å². The van der Waals surface area contributed by atoms with Crippen LogP contribution in [0, 0.1) is 6.92 Å². The number of benzene rings is 2. The Kier molecular flexibility index (Phi) is 5.46. The van der Waals surface area contributed by atoms with Crippen LogP contribution in [0.5, 0.6) is 5.75 Å². The zero-order chi connectivity index (χ0) is 20.5. The van der Waals surface area contributed by atoms with Crippen LogP contribution < -0.4 is 13.8 Å². The number of nitrogens with one attached hydrogen (secondary N) is 1. The number of hydrogen-bond donors (Lipinski definition) is 1. The molecule has 0 spiro atoms. The molecule has 1 saturated heterocycles. The standard InChI is InChI=1S/C18H20N2O6S2/c1-13-5-3-4-6-14(13)12-19-28(24,25)17-11-15(7-8-16(17)26-2)20-18(21)9-10-27(20,22)23/h3-8,11,19H,9-10,12H2,1-2H3. The lowest BCUT2D eigenvalue weighted by Crippen LogP contribution is -2.30. The molecule has 1 heterocycles. The zero-order valence-corrected chi connectivity index (χ0v) is 17.0. The molecule has 0 atom stereocenters. The number of carbonyl (C=O) groups is 1. The second-order valence-electron chi connectivity index (χ2n) is 6.31. The number of sulfonamides is 2. The maximum atomic E-state index is 12.9. The number of nitrogens with zero attached hydrogens (tertiary/aromatic N) is 1. The van der Waals surface area contributed by atoms with E-state index < -0.39 is 26.0 Å². The smallest absolute Gasteiger partial charge is 0.244 e. The summed E-state index contributed by atoms with van der Waals surface area (Å²) >= 11 is 0. The van der Waals surface area contributed by atoms with Gasteiger partial charge in [-0.05, 0) is 36.2 Å². The Morgan fingerprint density at radius 3 is 2.50 bits per heavy atom. The topological polar surface area (TPSA) is 110 Å². The van der Waals surface area contributed by atoms with E-state index in [-0.39, 0.29) is 35.1 Å². The highest BCUT2D eigenvalue weighted by atomic mass is 32.2. The summed E-state index contributed by atoms with van der Waals surface area (Å²) in [6.45, 7) is 1.93. The number of hydrogen-bond acceptors (Lipinski definition) is 6. The fraction of sp³-hybridized carbons (Fsp3) is 0.278. The highest BCUT2D eigenvalue weighted by Gasteiger charge is 2.37. The average molecular weight is 425 g/mol. The molecular weight excluding hydrogens is 404 g/mol. The number of methoxy groups -OCH3 is 1. The van der Waals surface area contributed by atoms with Gasteiger partial charge in [-0.15, -0.1) is 0 Å². The van der Waals surface area contributed by atoms with Gasteiger partial charge in [0.2, 0.25) is 26.0 Å². The largest absolute Gasteiger partial charge is 0.495 e. The minimum Gasteiger partial charge on any atom is -0.495 e. The molecule has 1 aliphatic rings. The zero-order valence-electron chi connectivity index (χ0n) is 15.4. The molecule has 8 nitrogen and oxygen atoms in total. The number of rotatable bonds is 6. The van der Waals surface area contributed by atoms with E-state index in [1.54, 1.807) is 6.07 Å². The summed E-state index contributed by atoms with van der Waals surface area (Å²) in [5, 5.41) is 0. The summed E-state index contributed by atoms with van der Waals surface area (Å²) in [6.07, 6.45) is -0.137. The van der Waals surface area contributed by atoms with Gasteiger partial charge in [0.1, 0.15) is 10.6 Å². The van der Waals surface area contributed by atoms with E-state index in [1.165, 1.54) is 19.2 Å². The van der Waals surface area contributed by atoms with Crippen molar-refractivity contribution in [2.75, 3.05) is 17.2 Å². The third-order valence-corrected chi connectivity index (χ3v) is 7.58. The van der Waals surface area contributed by atoms with E-state index in [2.05, 4.69) is 4.72 Å². The van der Waals surface area contributed by atoms with Gasteiger partial charge in [-0.1, -0.05) is 24.3 Å². The first-order valence-electron chi connectivity index (χ1n) is 8.44. The number of anilines is 1. The van der Waals surface area contributed by atoms with Crippen LogP contribution in [0.25, 0.3) is 0 Å². The monoisotopic (exact) mass is 424 g/mol. The minimum absolute atomic E-state index is 0.0282. The van der Waals surface area contributed by atoms with E-state index in [0.717, 1.165) is 17.2 Å². The number of ether oxygens (including phenoxy) is 1. The summed E-state index contributed by atoms with van der Waals surface area (Å²) in [6, 6.07) is 11.2. The summed E-state index contributed by atoms with van der Waals surface area (Å²) in [7, 11) is -6.52. The van der Waals surface area contributed by atoms with E-state index >= 15 is 0 Å². The van der Waals surface area contributed by atoms with Crippen LogP contribution in [-0.2, 0) is 31.4 Å². The molecule has 0 aromatic heterocycles. The van der Waals surface area contributed by atoms with Crippen LogP contribution in [0.2, 0.25) is 0 Å². The lowest BCUT2D eigenvalue weighted by molar-refractivity contribution is -0.116. The Morgan fingerprint density at radius 1 is 1.18 bits per heavy atom. The predicted octanol–water partition coefficient (Wildman–Crippen LogP) is 1.55. The van der Waals surface area contributed by atoms with Crippen molar-refractivity contribution in [3.63, 3.8) is 0 Å². The molecule has 28 heavy (non-hydrogen) atoms. The molecule has 2 aromatic carbocycles. The van der Waals surface area contributed by atoms with Gasteiger partial charge in [-0.25, -0.2) is 25.9 Å². The average Bonchev–Trinajstić information content (AvgIpc) is 2.93. The normalized spacial score (nSPS) is 16.4. The molecule has 0 saturated carbocycles. The number of carbonyl (C=O) groups excluding carboxylic acids is 1. The molecule has 3 rings (SSSR count). The van der Waals surface area contributed by atoms with E-state index in [1.807, 2.05) is 25.1 Å². The van der Waals surface area contributed by atoms with Crippen molar-refractivity contribution in [2.24, 2.45) is 0 Å². The molecule has 0 radical (unpaired) electrons. The molecule has 1 N–H and O–H groups in total. The minimum atomic E-state index is -4.03. The van der Waals surface area contributed by atoms with E-state index in [0.29, 0.717) is 4.31 Å². The molecular formula is C18H20N2O6S2. The second-order valence-corrected chi connectivity index (χ2v) is 9.98. The van der Waals surface area contributed by atoms with Crippen molar-refractivity contribution in [3.05, 3.63) is 53.6 Å². The first kappa shape index (κ1) is 20.3. The predicted molar refractivity (Wildman–Crippen MR) is 104 cm³/mol. The molecule has 0 bridgehead atoms. The molecule has 1 fully saturated rings. The third-order valence-electron chi connectivity index (χ3n) is 4.46. The summed E-state index contributed by atoms with van der Waals surface area (Å²) < 4.78 is 58.3. The Bertz CT molecular complexity index is 1130. The van der Waals surface area contributed by atoms with Crippen molar-refractivity contribution >= 4 is 31.6 Å². The highest BCUT2D eigenvalue weighted by Crippen LogP contribution is 2.32. The van der Waals surface area contributed by atoms with Gasteiger partial charge >= 0.3 is 0 Å². The summed E-state index contributed by atoms with van der Waals surface area (Å²) in [4.78, 5) is 11.8. The highest BCUT2D eigenvalue weighted by molar-refractivity contribution is 7.94. The summed E-state index contributed by atoms with van der Waals surface area (Å²) in [5.74, 6) is -0.850. The molecule has 2 aromatic rings. The van der Waals surface area contributed by atoms with E-state index in [9.17, 15) is 21.6 Å². The number of aryl methyl sites for hydroxylation is 1. The SMILES string of the molecule is COc1ccc(N2C(=O)CCS2(=O)=O)cc1S(=O)(=O)NCc1ccccc1C. The van der Waals surface area contributed by atoms with Crippen LogP contribution in [0.15, 0.2) is 47.4 Å². The maximum Gasteiger partial charge on any atom is 0.244 e. The van der Waals surface area contributed by atoms with Crippen molar-refractivity contribution in [2.45, 2.75) is 24.8 Å². The lowest BCUT2D eigenvalue weighted by atomic mass is 10.1. The molecule has 10 heteroatoms. The third kappa shape index (κ3) is 3.89. The van der Waals surface area contributed by atoms with Crippen molar-refractivity contribution in [1.29, 1.82) is 0 Å². The molecule has 150 valence electrons. The molecule has 1 amide bonds. The maximum absolute atomic E-state index is 12.9. The second kappa shape index (κ2) is 7.53. The van der Waals surface area contributed by atoms with Gasteiger partial charge in [0.15, 0.2) is 0 Å².